The van der Waals surface area contributed by atoms with Crippen LogP contribution in [-0.4, -0.2) is 41.4 Å². The van der Waals surface area contributed by atoms with Gasteiger partial charge in [0.1, 0.15) is 11.8 Å². The summed E-state index contributed by atoms with van der Waals surface area (Å²) < 4.78 is 4.75. The molecular weight excluding hydrogens is 196 g/mol. The average molecular weight is 208 g/mol. The maximum absolute atomic E-state index is 9.33. The normalized spacial score (nSPS) is 11.8. The summed E-state index contributed by atoms with van der Waals surface area (Å²) in [4.78, 5) is 7.78. The highest BCUT2D eigenvalue weighted by molar-refractivity contribution is 5.29. The zero-order valence-corrected chi connectivity index (χ0v) is 8.34. The van der Waals surface area contributed by atoms with Crippen molar-refractivity contribution >= 4 is 5.95 Å². The van der Waals surface area contributed by atoms with Gasteiger partial charge in [-0.25, -0.2) is 9.97 Å². The van der Waals surface area contributed by atoms with Crippen molar-refractivity contribution in [1.82, 2.24) is 9.97 Å². The van der Waals surface area contributed by atoms with Crippen molar-refractivity contribution in [3.8, 4) is 6.07 Å². The number of ether oxygens (including phenoxy) is 1. The molecule has 6 heteroatoms. The first-order chi connectivity index (χ1) is 7.26. The lowest BCUT2D eigenvalue weighted by atomic mass is 10.4. The molecule has 15 heavy (non-hydrogen) atoms. The largest absolute Gasteiger partial charge is 0.389 e. The van der Waals surface area contributed by atoms with E-state index in [1.54, 1.807) is 0 Å². The van der Waals surface area contributed by atoms with Crippen molar-refractivity contribution in [2.24, 2.45) is 0 Å². The van der Waals surface area contributed by atoms with Gasteiger partial charge < -0.3 is 15.2 Å². The van der Waals surface area contributed by atoms with Gasteiger partial charge in [0.2, 0.25) is 5.95 Å². The zero-order valence-electron chi connectivity index (χ0n) is 8.34. The maximum Gasteiger partial charge on any atom is 0.223 e. The van der Waals surface area contributed by atoms with Gasteiger partial charge in [-0.2, -0.15) is 5.26 Å². The molecule has 1 heterocycles. The van der Waals surface area contributed by atoms with Crippen LogP contribution in [0, 0.1) is 11.3 Å². The summed E-state index contributed by atoms with van der Waals surface area (Å²) in [6.45, 7) is 0.521. The fraction of sp³-hybridized carbons (Fsp3) is 0.444. The molecule has 1 atom stereocenters. The molecule has 1 unspecified atom stereocenters. The SMILES string of the molecule is COCC(O)CNc1nccc(C#N)n1. The fourth-order valence-electron chi connectivity index (χ4n) is 0.967. The lowest BCUT2D eigenvalue weighted by molar-refractivity contribution is 0.0726. The van der Waals surface area contributed by atoms with Crippen LogP contribution < -0.4 is 5.32 Å². The van der Waals surface area contributed by atoms with E-state index in [-0.39, 0.29) is 18.8 Å². The second-order valence-corrected chi connectivity index (χ2v) is 2.87. The van der Waals surface area contributed by atoms with Crippen LogP contribution in [0.3, 0.4) is 0 Å². The van der Waals surface area contributed by atoms with Crippen LogP contribution in [-0.2, 0) is 4.74 Å². The second kappa shape index (κ2) is 5.90. The molecule has 0 saturated heterocycles. The molecule has 1 rings (SSSR count). The summed E-state index contributed by atoms with van der Waals surface area (Å²) in [7, 11) is 1.51. The van der Waals surface area contributed by atoms with Gasteiger partial charge in [-0.15, -0.1) is 0 Å². The number of anilines is 1. The number of aliphatic hydroxyl groups excluding tert-OH is 1. The lowest BCUT2D eigenvalue weighted by Gasteiger charge is -2.10. The van der Waals surface area contributed by atoms with Gasteiger partial charge >= 0.3 is 0 Å². The van der Waals surface area contributed by atoms with Crippen molar-refractivity contribution in [1.29, 1.82) is 5.26 Å². The third kappa shape index (κ3) is 3.89. The van der Waals surface area contributed by atoms with Crippen molar-refractivity contribution in [3.05, 3.63) is 18.0 Å². The molecule has 0 aliphatic rings. The molecule has 0 radical (unpaired) electrons. The van der Waals surface area contributed by atoms with Gasteiger partial charge in [0.25, 0.3) is 0 Å². The summed E-state index contributed by atoms with van der Waals surface area (Å²) in [6.07, 6.45) is 0.862. The molecule has 2 N–H and O–H groups in total. The Kier molecular flexibility index (Phi) is 4.47. The van der Waals surface area contributed by atoms with E-state index in [0.717, 1.165) is 0 Å². The van der Waals surface area contributed by atoms with Crippen LogP contribution in [0.4, 0.5) is 5.95 Å². The molecule has 0 saturated carbocycles. The standard InChI is InChI=1S/C9H12N4O2/c1-15-6-8(14)5-12-9-11-3-2-7(4-10)13-9/h2-3,8,14H,5-6H2,1H3,(H,11,12,13). The first-order valence-corrected chi connectivity index (χ1v) is 4.40. The number of nitrogens with one attached hydrogen (secondary N) is 1. The molecule has 80 valence electrons. The number of aliphatic hydroxyl groups is 1. The molecular formula is C9H12N4O2. The average Bonchev–Trinajstić information content (AvgIpc) is 2.27. The Morgan fingerprint density at radius 3 is 3.20 bits per heavy atom. The summed E-state index contributed by atoms with van der Waals surface area (Å²) in [5.74, 6) is 0.323. The number of nitriles is 1. The van der Waals surface area contributed by atoms with E-state index >= 15 is 0 Å². The third-order valence-electron chi connectivity index (χ3n) is 1.62. The first-order valence-electron chi connectivity index (χ1n) is 4.40. The Balaban J connectivity index is 2.47. The lowest BCUT2D eigenvalue weighted by Crippen LogP contribution is -2.24. The molecule has 1 aromatic heterocycles. The van der Waals surface area contributed by atoms with E-state index < -0.39 is 6.10 Å². The van der Waals surface area contributed by atoms with E-state index in [9.17, 15) is 5.11 Å². The van der Waals surface area contributed by atoms with Crippen LogP contribution in [0.5, 0.6) is 0 Å². The van der Waals surface area contributed by atoms with Crippen LogP contribution in [0.15, 0.2) is 12.3 Å². The molecule has 0 aromatic carbocycles. The van der Waals surface area contributed by atoms with Crippen LogP contribution in [0.25, 0.3) is 0 Å². The van der Waals surface area contributed by atoms with Crippen LogP contribution in [0.2, 0.25) is 0 Å². The Labute approximate surface area is 87.5 Å². The predicted molar refractivity (Wildman–Crippen MR) is 53.1 cm³/mol. The predicted octanol–water partition coefficient (Wildman–Crippen LogP) is -0.233. The van der Waals surface area contributed by atoms with Gasteiger partial charge in [-0.1, -0.05) is 0 Å². The monoisotopic (exact) mass is 208 g/mol. The van der Waals surface area contributed by atoms with Gasteiger partial charge in [-0.05, 0) is 6.07 Å². The van der Waals surface area contributed by atoms with Gasteiger partial charge in [0, 0.05) is 19.9 Å². The smallest absolute Gasteiger partial charge is 0.223 e. The van der Waals surface area contributed by atoms with Crippen molar-refractivity contribution < 1.29 is 9.84 Å². The second-order valence-electron chi connectivity index (χ2n) is 2.87. The summed E-state index contributed by atoms with van der Waals surface area (Å²) >= 11 is 0. The van der Waals surface area contributed by atoms with E-state index in [0.29, 0.717) is 5.95 Å². The molecule has 0 aliphatic carbocycles. The van der Waals surface area contributed by atoms with Gasteiger partial charge in [0.05, 0.1) is 12.7 Å². The number of hydrogen-bond donors (Lipinski definition) is 2. The zero-order chi connectivity index (χ0) is 11.1. The van der Waals surface area contributed by atoms with Crippen LogP contribution in [0.1, 0.15) is 5.69 Å². The Hall–Kier alpha value is -1.71. The summed E-state index contributed by atoms with van der Waals surface area (Å²) in [5.41, 5.74) is 0.286. The topological polar surface area (TPSA) is 91.1 Å². The van der Waals surface area contributed by atoms with Gasteiger partial charge in [-0.3, -0.25) is 0 Å². The van der Waals surface area contributed by atoms with E-state index in [1.165, 1.54) is 19.4 Å². The van der Waals surface area contributed by atoms with E-state index in [4.69, 9.17) is 10.00 Å². The summed E-state index contributed by atoms with van der Waals surface area (Å²) in [5, 5.41) is 20.7. The quantitative estimate of drug-likeness (QED) is 0.694. The molecule has 0 aliphatic heterocycles. The Morgan fingerprint density at radius 1 is 1.73 bits per heavy atom. The van der Waals surface area contributed by atoms with Crippen molar-refractivity contribution in [3.63, 3.8) is 0 Å². The summed E-state index contributed by atoms with van der Waals surface area (Å²) in [6, 6.07) is 3.41. The molecule has 6 nitrogen and oxygen atoms in total. The Morgan fingerprint density at radius 2 is 2.53 bits per heavy atom. The van der Waals surface area contributed by atoms with Crippen molar-refractivity contribution in [2.45, 2.75) is 6.10 Å². The first kappa shape index (κ1) is 11.4. The van der Waals surface area contributed by atoms with E-state index in [1.807, 2.05) is 6.07 Å². The van der Waals surface area contributed by atoms with E-state index in [2.05, 4.69) is 15.3 Å². The third-order valence-corrected chi connectivity index (χ3v) is 1.62. The van der Waals surface area contributed by atoms with Crippen LogP contribution >= 0.6 is 0 Å². The number of rotatable bonds is 5. The minimum absolute atomic E-state index is 0.241. The molecule has 0 fully saturated rings. The molecule has 1 aromatic rings. The minimum Gasteiger partial charge on any atom is -0.389 e. The fourth-order valence-corrected chi connectivity index (χ4v) is 0.967. The molecule has 0 spiro atoms. The highest BCUT2D eigenvalue weighted by Gasteiger charge is 2.04. The maximum atomic E-state index is 9.33. The van der Waals surface area contributed by atoms with Crippen molar-refractivity contribution in [2.75, 3.05) is 25.6 Å². The number of hydrogen-bond acceptors (Lipinski definition) is 6. The highest BCUT2D eigenvalue weighted by Crippen LogP contribution is 1.99. The number of methoxy groups -OCH3 is 1. The number of aromatic nitrogens is 2. The highest BCUT2D eigenvalue weighted by atomic mass is 16.5. The number of nitrogens with zero attached hydrogens (tertiary/aromatic N) is 3. The van der Waals surface area contributed by atoms with Gasteiger partial charge in [0.15, 0.2) is 0 Å². The minimum atomic E-state index is -0.621. The molecule has 0 bridgehead atoms. The molecule has 0 amide bonds. The Bertz CT molecular complexity index is 350.